The molecule has 0 aromatic rings. The van der Waals surface area contributed by atoms with E-state index in [0.717, 1.165) is 0 Å². The summed E-state index contributed by atoms with van der Waals surface area (Å²) in [6.07, 6.45) is -0.428. The van der Waals surface area contributed by atoms with Crippen molar-refractivity contribution in [3.63, 3.8) is 0 Å². The highest BCUT2D eigenvalue weighted by Gasteiger charge is 1.95. The van der Waals surface area contributed by atoms with Gasteiger partial charge in [0.05, 0.1) is 52.4 Å². The second kappa shape index (κ2) is 16.1. The minimum Gasteiger partial charge on any atom is -0.478 e. The molecule has 3 N–H and O–H groups in total. The highest BCUT2D eigenvalue weighted by Crippen LogP contribution is 1.84. The average molecular weight is 294 g/mol. The maximum absolute atomic E-state index is 9.60. The molecule has 0 aromatic carbocycles. The SMILES string of the molecule is C=C(C)C(=O)O.CC(O)COCCOCCOCCO. The Labute approximate surface area is 119 Å². The first kappa shape index (κ1) is 21.3. The number of carboxylic acids is 1. The van der Waals surface area contributed by atoms with Crippen LogP contribution >= 0.6 is 0 Å². The first-order valence-corrected chi connectivity index (χ1v) is 6.32. The zero-order valence-electron chi connectivity index (χ0n) is 12.2. The smallest absolute Gasteiger partial charge is 0.330 e. The van der Waals surface area contributed by atoms with Crippen LogP contribution in [0.4, 0.5) is 0 Å². The molecule has 7 nitrogen and oxygen atoms in total. The van der Waals surface area contributed by atoms with Crippen molar-refractivity contribution in [1.29, 1.82) is 0 Å². The van der Waals surface area contributed by atoms with Gasteiger partial charge in [-0.3, -0.25) is 0 Å². The zero-order valence-corrected chi connectivity index (χ0v) is 12.2. The van der Waals surface area contributed by atoms with Gasteiger partial charge in [-0.1, -0.05) is 6.58 Å². The third kappa shape index (κ3) is 22.2. The molecule has 0 aliphatic heterocycles. The third-order valence-corrected chi connectivity index (χ3v) is 1.70. The molecule has 0 rings (SSSR count). The van der Waals surface area contributed by atoms with Crippen molar-refractivity contribution >= 4 is 5.97 Å². The van der Waals surface area contributed by atoms with Gasteiger partial charge in [0.2, 0.25) is 0 Å². The number of hydrogen-bond acceptors (Lipinski definition) is 6. The molecule has 0 aromatic heterocycles. The van der Waals surface area contributed by atoms with Gasteiger partial charge in [0.25, 0.3) is 0 Å². The van der Waals surface area contributed by atoms with Crippen LogP contribution in [0.2, 0.25) is 0 Å². The van der Waals surface area contributed by atoms with Gasteiger partial charge in [-0.15, -0.1) is 0 Å². The number of carbonyl (C=O) groups is 1. The molecule has 0 saturated carbocycles. The van der Waals surface area contributed by atoms with Crippen LogP contribution in [0.25, 0.3) is 0 Å². The number of aliphatic carboxylic acids is 1. The van der Waals surface area contributed by atoms with Crippen molar-refractivity contribution in [2.45, 2.75) is 20.0 Å². The van der Waals surface area contributed by atoms with E-state index in [4.69, 9.17) is 29.5 Å². The van der Waals surface area contributed by atoms with E-state index < -0.39 is 12.1 Å². The van der Waals surface area contributed by atoms with Crippen LogP contribution in [0.15, 0.2) is 12.2 Å². The van der Waals surface area contributed by atoms with Crippen molar-refractivity contribution in [2.24, 2.45) is 0 Å². The first-order chi connectivity index (χ1) is 9.41. The Morgan fingerprint density at radius 1 is 1.10 bits per heavy atom. The lowest BCUT2D eigenvalue weighted by molar-refractivity contribution is -0.132. The first-order valence-electron chi connectivity index (χ1n) is 6.32. The Morgan fingerprint density at radius 2 is 1.50 bits per heavy atom. The summed E-state index contributed by atoms with van der Waals surface area (Å²) in [5.41, 5.74) is 0.176. The van der Waals surface area contributed by atoms with Crippen LogP contribution < -0.4 is 0 Å². The molecule has 0 heterocycles. The third-order valence-electron chi connectivity index (χ3n) is 1.70. The fourth-order valence-corrected chi connectivity index (χ4v) is 0.758. The minimum absolute atomic E-state index is 0.0392. The van der Waals surface area contributed by atoms with Crippen molar-refractivity contribution in [3.05, 3.63) is 12.2 Å². The molecule has 0 spiro atoms. The molecule has 0 aliphatic rings. The lowest BCUT2D eigenvalue weighted by Gasteiger charge is -2.07. The summed E-state index contributed by atoms with van der Waals surface area (Å²) < 4.78 is 15.2. The molecule has 0 saturated heterocycles. The lowest BCUT2D eigenvalue weighted by atomic mass is 10.4. The van der Waals surface area contributed by atoms with Gasteiger partial charge in [-0.25, -0.2) is 4.79 Å². The molecule has 0 amide bonds. The summed E-state index contributed by atoms with van der Waals surface area (Å²) >= 11 is 0. The number of carboxylic acid groups (broad SMARTS) is 1. The number of ether oxygens (including phenoxy) is 3. The van der Waals surface area contributed by atoms with E-state index in [1.54, 1.807) is 6.92 Å². The number of aliphatic hydroxyl groups excluding tert-OH is 2. The van der Waals surface area contributed by atoms with E-state index in [1.807, 2.05) is 0 Å². The zero-order chi connectivity index (χ0) is 15.8. The highest BCUT2D eigenvalue weighted by molar-refractivity contribution is 5.84. The van der Waals surface area contributed by atoms with Crippen molar-refractivity contribution < 1.29 is 34.3 Å². The Balaban J connectivity index is 0. The van der Waals surface area contributed by atoms with Crippen molar-refractivity contribution in [3.8, 4) is 0 Å². The van der Waals surface area contributed by atoms with E-state index in [9.17, 15) is 4.79 Å². The Morgan fingerprint density at radius 3 is 1.85 bits per heavy atom. The maximum atomic E-state index is 9.60. The van der Waals surface area contributed by atoms with Gasteiger partial charge in [0, 0.05) is 5.57 Å². The molecule has 0 bridgehead atoms. The fourth-order valence-electron chi connectivity index (χ4n) is 0.758. The summed E-state index contributed by atoms with van der Waals surface area (Å²) in [4.78, 5) is 9.60. The van der Waals surface area contributed by atoms with Gasteiger partial charge in [0.15, 0.2) is 0 Å². The molecule has 0 fully saturated rings. The number of aliphatic hydroxyl groups is 2. The molecular formula is C13H26O7. The minimum atomic E-state index is -0.935. The predicted octanol–water partition coefficient (Wildman–Crippen LogP) is 0.0564. The topological polar surface area (TPSA) is 105 Å². The lowest BCUT2D eigenvalue weighted by Crippen LogP contribution is -2.15. The second-order valence-corrected chi connectivity index (χ2v) is 3.96. The van der Waals surface area contributed by atoms with Gasteiger partial charge >= 0.3 is 5.97 Å². The predicted molar refractivity (Wildman–Crippen MR) is 73.7 cm³/mol. The molecule has 20 heavy (non-hydrogen) atoms. The maximum Gasteiger partial charge on any atom is 0.330 e. The van der Waals surface area contributed by atoms with Crippen LogP contribution in [0.5, 0.6) is 0 Å². The summed E-state index contributed by atoms with van der Waals surface area (Å²) in [6.45, 7) is 8.95. The fraction of sp³-hybridized carbons (Fsp3) is 0.769. The molecule has 7 heteroatoms. The molecular weight excluding hydrogens is 268 g/mol. The summed E-state index contributed by atoms with van der Waals surface area (Å²) in [6, 6.07) is 0. The highest BCUT2D eigenvalue weighted by atomic mass is 16.5. The van der Waals surface area contributed by atoms with E-state index in [1.165, 1.54) is 6.92 Å². The van der Waals surface area contributed by atoms with Crippen molar-refractivity contribution in [1.82, 2.24) is 0 Å². The summed E-state index contributed by atoms with van der Waals surface area (Å²) in [5.74, 6) is -0.935. The van der Waals surface area contributed by atoms with Gasteiger partial charge < -0.3 is 29.5 Å². The van der Waals surface area contributed by atoms with Crippen LogP contribution in [-0.2, 0) is 19.0 Å². The number of rotatable bonds is 11. The largest absolute Gasteiger partial charge is 0.478 e. The average Bonchev–Trinajstić information content (AvgIpc) is 2.37. The number of hydrogen-bond donors (Lipinski definition) is 3. The Kier molecular flexibility index (Phi) is 17.1. The molecule has 120 valence electrons. The molecule has 0 aliphatic carbocycles. The van der Waals surface area contributed by atoms with Gasteiger partial charge in [-0.05, 0) is 13.8 Å². The molecule has 0 radical (unpaired) electrons. The normalized spacial score (nSPS) is 11.4. The van der Waals surface area contributed by atoms with Crippen LogP contribution in [0.3, 0.4) is 0 Å². The Bertz CT molecular complexity index is 229. The van der Waals surface area contributed by atoms with Crippen LogP contribution in [-0.4, -0.2) is 73.6 Å². The second-order valence-electron chi connectivity index (χ2n) is 3.96. The van der Waals surface area contributed by atoms with Crippen molar-refractivity contribution in [2.75, 3.05) is 46.2 Å². The summed E-state index contributed by atoms with van der Waals surface area (Å²) in [5, 5.41) is 25.1. The van der Waals surface area contributed by atoms with E-state index in [0.29, 0.717) is 39.6 Å². The summed E-state index contributed by atoms with van der Waals surface area (Å²) in [7, 11) is 0. The van der Waals surface area contributed by atoms with Crippen LogP contribution in [0.1, 0.15) is 13.8 Å². The molecule has 1 atom stereocenters. The van der Waals surface area contributed by atoms with Gasteiger partial charge in [-0.2, -0.15) is 0 Å². The van der Waals surface area contributed by atoms with E-state index in [2.05, 4.69) is 6.58 Å². The standard InChI is InChI=1S/C9H20O5.C4H6O2/c1-9(11)8-14-7-6-13-5-4-12-3-2-10;1-3(2)4(5)6/h9-11H,2-8H2,1H3;1H2,2H3,(H,5,6). The van der Waals surface area contributed by atoms with Gasteiger partial charge in [0.1, 0.15) is 0 Å². The monoisotopic (exact) mass is 294 g/mol. The Hall–Kier alpha value is -0.990. The van der Waals surface area contributed by atoms with E-state index in [-0.39, 0.29) is 12.2 Å². The van der Waals surface area contributed by atoms with Crippen LogP contribution in [0, 0.1) is 0 Å². The quantitative estimate of drug-likeness (QED) is 0.365. The molecule has 1 unspecified atom stereocenters. The van der Waals surface area contributed by atoms with E-state index >= 15 is 0 Å².